The minimum absolute atomic E-state index is 0.129. The average molecular weight is 400 g/mol. The molecule has 1 nitrogen and oxygen atoms in total. The maximum absolute atomic E-state index is 4.91. The molecule has 1 heteroatoms. The van der Waals surface area contributed by atoms with Crippen molar-refractivity contribution in [2.75, 3.05) is 0 Å². The first-order valence-corrected chi connectivity index (χ1v) is 11.8. The van der Waals surface area contributed by atoms with Crippen LogP contribution in [0.4, 0.5) is 0 Å². The zero-order chi connectivity index (χ0) is 21.5. The first-order chi connectivity index (χ1) is 14.2. The van der Waals surface area contributed by atoms with Gasteiger partial charge in [-0.05, 0) is 78.1 Å². The van der Waals surface area contributed by atoms with Gasteiger partial charge in [-0.1, -0.05) is 76.8 Å². The van der Waals surface area contributed by atoms with Crippen molar-refractivity contribution in [2.45, 2.75) is 85.0 Å². The molecule has 3 aromatic rings. The molecule has 1 unspecified atom stereocenters. The number of aromatic nitrogens is 1. The SMILES string of the molecule is Cc1cc(-c2ncc(C)c3cc(C(C)C4CCCCC4)ccc23)cc(C(C)(C)C)c1. The molecule has 1 heterocycles. The first-order valence-electron chi connectivity index (χ1n) is 11.8. The smallest absolute Gasteiger partial charge is 0.0780 e. The molecule has 0 amide bonds. The number of hydrogen-bond acceptors (Lipinski definition) is 1. The molecule has 1 atom stereocenters. The van der Waals surface area contributed by atoms with Gasteiger partial charge in [0.15, 0.2) is 0 Å². The van der Waals surface area contributed by atoms with Gasteiger partial charge in [-0.3, -0.25) is 4.98 Å². The van der Waals surface area contributed by atoms with E-state index in [1.165, 1.54) is 70.7 Å². The Morgan fingerprint density at radius 2 is 1.63 bits per heavy atom. The topological polar surface area (TPSA) is 12.9 Å². The second-order valence-corrected chi connectivity index (χ2v) is 10.6. The van der Waals surface area contributed by atoms with E-state index >= 15 is 0 Å². The number of hydrogen-bond donors (Lipinski definition) is 0. The van der Waals surface area contributed by atoms with Gasteiger partial charge in [0.05, 0.1) is 5.69 Å². The van der Waals surface area contributed by atoms with E-state index in [1.807, 2.05) is 0 Å². The lowest BCUT2D eigenvalue weighted by molar-refractivity contribution is 0.316. The van der Waals surface area contributed by atoms with Gasteiger partial charge in [-0.2, -0.15) is 0 Å². The lowest BCUT2D eigenvalue weighted by atomic mass is 9.77. The van der Waals surface area contributed by atoms with Crippen molar-refractivity contribution in [3.63, 3.8) is 0 Å². The molecule has 0 spiro atoms. The molecule has 0 saturated heterocycles. The van der Waals surface area contributed by atoms with Gasteiger partial charge in [-0.25, -0.2) is 0 Å². The number of nitrogens with zero attached hydrogens (tertiary/aromatic N) is 1. The zero-order valence-corrected chi connectivity index (χ0v) is 19.7. The highest BCUT2D eigenvalue weighted by atomic mass is 14.7. The van der Waals surface area contributed by atoms with Crippen LogP contribution in [0.2, 0.25) is 0 Å². The van der Waals surface area contributed by atoms with E-state index in [0.29, 0.717) is 5.92 Å². The highest BCUT2D eigenvalue weighted by Gasteiger charge is 2.22. The second-order valence-electron chi connectivity index (χ2n) is 10.6. The van der Waals surface area contributed by atoms with E-state index in [9.17, 15) is 0 Å². The number of aryl methyl sites for hydroxylation is 2. The van der Waals surface area contributed by atoms with Gasteiger partial charge >= 0.3 is 0 Å². The summed E-state index contributed by atoms with van der Waals surface area (Å²) in [6.07, 6.45) is 9.06. The summed E-state index contributed by atoms with van der Waals surface area (Å²) in [4.78, 5) is 4.91. The summed E-state index contributed by atoms with van der Waals surface area (Å²) < 4.78 is 0. The summed E-state index contributed by atoms with van der Waals surface area (Å²) in [5, 5.41) is 2.64. The van der Waals surface area contributed by atoms with Crippen molar-refractivity contribution >= 4 is 10.8 Å². The Morgan fingerprint density at radius 1 is 0.900 bits per heavy atom. The molecule has 0 radical (unpaired) electrons. The summed E-state index contributed by atoms with van der Waals surface area (Å²) in [6, 6.07) is 14.1. The quantitative estimate of drug-likeness (QED) is 0.430. The molecule has 1 aliphatic carbocycles. The molecule has 158 valence electrons. The predicted octanol–water partition coefficient (Wildman–Crippen LogP) is 8.50. The summed E-state index contributed by atoms with van der Waals surface area (Å²) in [6.45, 7) is 13.7. The van der Waals surface area contributed by atoms with Gasteiger partial charge in [0.25, 0.3) is 0 Å². The summed E-state index contributed by atoms with van der Waals surface area (Å²) in [5.41, 5.74) is 7.92. The van der Waals surface area contributed by atoms with Crippen LogP contribution in [0, 0.1) is 19.8 Å². The largest absolute Gasteiger partial charge is 0.255 e. The van der Waals surface area contributed by atoms with Crippen LogP contribution in [0.25, 0.3) is 22.0 Å². The summed E-state index contributed by atoms with van der Waals surface area (Å²) >= 11 is 0. The van der Waals surface area contributed by atoms with Gasteiger partial charge in [0.1, 0.15) is 0 Å². The number of benzene rings is 2. The summed E-state index contributed by atoms with van der Waals surface area (Å²) in [7, 11) is 0. The Balaban J connectivity index is 1.80. The summed E-state index contributed by atoms with van der Waals surface area (Å²) in [5.74, 6) is 1.47. The van der Waals surface area contributed by atoms with Crippen LogP contribution in [-0.4, -0.2) is 4.98 Å². The molecular weight excluding hydrogens is 362 g/mol. The van der Waals surface area contributed by atoms with E-state index in [0.717, 1.165) is 11.6 Å². The van der Waals surface area contributed by atoms with Crippen LogP contribution in [0.15, 0.2) is 42.6 Å². The van der Waals surface area contributed by atoms with Crippen LogP contribution < -0.4 is 0 Å². The molecule has 4 rings (SSSR count). The van der Waals surface area contributed by atoms with E-state index < -0.39 is 0 Å². The third-order valence-electron chi connectivity index (χ3n) is 7.21. The van der Waals surface area contributed by atoms with Crippen LogP contribution in [0.5, 0.6) is 0 Å². The number of fused-ring (bicyclic) bond motifs is 1. The minimum atomic E-state index is 0.129. The van der Waals surface area contributed by atoms with Crippen LogP contribution >= 0.6 is 0 Å². The monoisotopic (exact) mass is 399 g/mol. The molecule has 2 aromatic carbocycles. The third kappa shape index (κ3) is 4.17. The second kappa shape index (κ2) is 8.17. The fourth-order valence-electron chi connectivity index (χ4n) is 5.17. The molecule has 0 N–H and O–H groups in total. The molecule has 30 heavy (non-hydrogen) atoms. The van der Waals surface area contributed by atoms with Crippen LogP contribution in [-0.2, 0) is 5.41 Å². The molecule has 1 aliphatic rings. The van der Waals surface area contributed by atoms with Crippen molar-refractivity contribution in [2.24, 2.45) is 5.92 Å². The molecular formula is C29H37N. The van der Waals surface area contributed by atoms with Gasteiger partial charge in [0, 0.05) is 17.1 Å². The predicted molar refractivity (Wildman–Crippen MR) is 130 cm³/mol. The van der Waals surface area contributed by atoms with E-state index in [-0.39, 0.29) is 5.41 Å². The Bertz CT molecular complexity index is 1050. The van der Waals surface area contributed by atoms with Gasteiger partial charge in [-0.15, -0.1) is 0 Å². The van der Waals surface area contributed by atoms with Gasteiger partial charge in [0.2, 0.25) is 0 Å². The van der Waals surface area contributed by atoms with E-state index in [1.54, 1.807) is 0 Å². The molecule has 1 aromatic heterocycles. The lowest BCUT2D eigenvalue weighted by Crippen LogP contribution is -2.13. The fourth-order valence-corrected chi connectivity index (χ4v) is 5.17. The fraction of sp³-hybridized carbons (Fsp3) is 0.483. The van der Waals surface area contributed by atoms with Crippen molar-refractivity contribution in [3.8, 4) is 11.3 Å². The van der Waals surface area contributed by atoms with E-state index in [4.69, 9.17) is 4.98 Å². The van der Waals surface area contributed by atoms with Crippen molar-refractivity contribution < 1.29 is 0 Å². The average Bonchev–Trinajstić information content (AvgIpc) is 2.73. The normalized spacial score (nSPS) is 16.7. The Kier molecular flexibility index (Phi) is 5.75. The highest BCUT2D eigenvalue weighted by Crippen LogP contribution is 2.38. The maximum Gasteiger partial charge on any atom is 0.0780 e. The lowest BCUT2D eigenvalue weighted by Gasteiger charge is -2.28. The number of rotatable bonds is 3. The van der Waals surface area contributed by atoms with Crippen LogP contribution in [0.3, 0.4) is 0 Å². The Labute approximate surface area is 182 Å². The zero-order valence-electron chi connectivity index (χ0n) is 19.7. The molecule has 1 saturated carbocycles. The molecule has 0 bridgehead atoms. The minimum Gasteiger partial charge on any atom is -0.255 e. The third-order valence-corrected chi connectivity index (χ3v) is 7.21. The van der Waals surface area contributed by atoms with Gasteiger partial charge < -0.3 is 0 Å². The molecule has 0 aliphatic heterocycles. The maximum atomic E-state index is 4.91. The van der Waals surface area contributed by atoms with Crippen molar-refractivity contribution in [1.29, 1.82) is 0 Å². The highest BCUT2D eigenvalue weighted by molar-refractivity contribution is 5.97. The Morgan fingerprint density at radius 3 is 2.33 bits per heavy atom. The van der Waals surface area contributed by atoms with Crippen molar-refractivity contribution in [3.05, 3.63) is 64.8 Å². The van der Waals surface area contributed by atoms with Crippen molar-refractivity contribution in [1.82, 2.24) is 4.98 Å². The molecule has 1 fully saturated rings. The van der Waals surface area contributed by atoms with Crippen LogP contribution in [0.1, 0.15) is 88.0 Å². The Hall–Kier alpha value is -2.15. The number of pyridine rings is 1. The standard InChI is InChI=1S/C29H37N/c1-19-14-24(16-25(15-19)29(4,5)6)28-26-13-12-23(17-27(26)20(2)18-30-28)21(3)22-10-8-7-9-11-22/h12-18,21-22H,7-11H2,1-6H3. The first kappa shape index (κ1) is 21.1. The van der Waals surface area contributed by atoms with E-state index in [2.05, 4.69) is 84.1 Å².